The minimum Gasteiger partial charge on any atom is -0.494 e. The highest BCUT2D eigenvalue weighted by Gasteiger charge is 2.02. The molecule has 1 N–H and O–H groups in total. The van der Waals surface area contributed by atoms with Gasteiger partial charge in [0.15, 0.2) is 0 Å². The van der Waals surface area contributed by atoms with Crippen LogP contribution in [0.4, 0.5) is 0 Å². The number of hydrogen-bond acceptors (Lipinski definition) is 3. The smallest absolute Gasteiger partial charge is 0.220 e. The van der Waals surface area contributed by atoms with Crippen LogP contribution < -0.4 is 10.1 Å². The first-order chi connectivity index (χ1) is 10.2. The van der Waals surface area contributed by atoms with Crippen LogP contribution in [0.15, 0.2) is 53.3 Å². The molecule has 2 aromatic rings. The quantitative estimate of drug-likeness (QED) is 0.781. The molecule has 110 valence electrons. The number of aromatic nitrogens is 1. The van der Waals surface area contributed by atoms with E-state index in [1.54, 1.807) is 12.4 Å². The predicted molar refractivity (Wildman–Crippen MR) is 85.0 cm³/mol. The van der Waals surface area contributed by atoms with Crippen molar-refractivity contribution in [3.8, 4) is 5.75 Å². The molecule has 0 aliphatic heterocycles. The van der Waals surface area contributed by atoms with E-state index in [4.69, 9.17) is 4.74 Å². The van der Waals surface area contributed by atoms with Gasteiger partial charge in [-0.25, -0.2) is 0 Å². The van der Waals surface area contributed by atoms with Gasteiger partial charge in [-0.2, -0.15) is 0 Å². The number of carbonyl (C=O) groups is 1. The van der Waals surface area contributed by atoms with Crippen LogP contribution in [0.1, 0.15) is 18.4 Å². The van der Waals surface area contributed by atoms with E-state index in [0.717, 1.165) is 15.8 Å². The van der Waals surface area contributed by atoms with Gasteiger partial charge in [-0.05, 0) is 48.4 Å². The third-order valence-corrected chi connectivity index (χ3v) is 3.40. The molecule has 1 aromatic heterocycles. The molecule has 0 aliphatic carbocycles. The standard InChI is InChI=1S/C16H17BrN2O2/c17-14-3-5-15(6-4-14)21-11-1-2-16(20)19-12-13-7-9-18-10-8-13/h3-10H,1-2,11-12H2,(H,19,20). The Labute approximate surface area is 132 Å². The van der Waals surface area contributed by atoms with Crippen LogP contribution in [0.3, 0.4) is 0 Å². The summed E-state index contributed by atoms with van der Waals surface area (Å²) in [4.78, 5) is 15.6. The van der Waals surface area contributed by atoms with E-state index in [9.17, 15) is 4.79 Å². The van der Waals surface area contributed by atoms with Gasteiger partial charge in [0.25, 0.3) is 0 Å². The van der Waals surface area contributed by atoms with Crippen molar-refractivity contribution in [2.45, 2.75) is 19.4 Å². The Morgan fingerprint density at radius 2 is 1.86 bits per heavy atom. The molecule has 0 saturated carbocycles. The number of nitrogens with one attached hydrogen (secondary N) is 1. The summed E-state index contributed by atoms with van der Waals surface area (Å²) in [6.45, 7) is 1.07. The average Bonchev–Trinajstić information content (AvgIpc) is 2.52. The predicted octanol–water partition coefficient (Wildman–Crippen LogP) is 3.32. The van der Waals surface area contributed by atoms with Crippen LogP contribution in [-0.2, 0) is 11.3 Å². The molecule has 0 radical (unpaired) electrons. The van der Waals surface area contributed by atoms with Gasteiger partial charge in [0.05, 0.1) is 6.61 Å². The number of ether oxygens (including phenoxy) is 1. The summed E-state index contributed by atoms with van der Waals surface area (Å²) in [5.41, 5.74) is 1.05. The van der Waals surface area contributed by atoms with E-state index in [2.05, 4.69) is 26.2 Å². The fraction of sp³-hybridized carbons (Fsp3) is 0.250. The molecule has 21 heavy (non-hydrogen) atoms. The van der Waals surface area contributed by atoms with Gasteiger partial charge in [-0.15, -0.1) is 0 Å². The van der Waals surface area contributed by atoms with Crippen molar-refractivity contribution in [1.29, 1.82) is 0 Å². The molecule has 0 fully saturated rings. The topological polar surface area (TPSA) is 51.2 Å². The lowest BCUT2D eigenvalue weighted by molar-refractivity contribution is -0.121. The molecular formula is C16H17BrN2O2. The van der Waals surface area contributed by atoms with Gasteiger partial charge in [0, 0.05) is 29.8 Å². The number of benzene rings is 1. The number of amides is 1. The van der Waals surface area contributed by atoms with Crippen molar-refractivity contribution in [1.82, 2.24) is 10.3 Å². The molecule has 0 atom stereocenters. The van der Waals surface area contributed by atoms with Crippen LogP contribution >= 0.6 is 15.9 Å². The summed E-state index contributed by atoms with van der Waals surface area (Å²) >= 11 is 3.37. The second-order valence-electron chi connectivity index (χ2n) is 4.54. The van der Waals surface area contributed by atoms with Gasteiger partial charge < -0.3 is 10.1 Å². The zero-order valence-electron chi connectivity index (χ0n) is 11.6. The third kappa shape index (κ3) is 5.95. The number of halogens is 1. The minimum absolute atomic E-state index is 0.0335. The second kappa shape index (κ2) is 8.42. The normalized spacial score (nSPS) is 10.1. The highest BCUT2D eigenvalue weighted by Crippen LogP contribution is 2.16. The van der Waals surface area contributed by atoms with Gasteiger partial charge in [-0.1, -0.05) is 15.9 Å². The van der Waals surface area contributed by atoms with Gasteiger partial charge >= 0.3 is 0 Å². The maximum atomic E-state index is 11.7. The maximum Gasteiger partial charge on any atom is 0.220 e. The Morgan fingerprint density at radius 3 is 2.57 bits per heavy atom. The van der Waals surface area contributed by atoms with E-state index in [-0.39, 0.29) is 5.91 Å². The lowest BCUT2D eigenvalue weighted by Crippen LogP contribution is -2.22. The first kappa shape index (κ1) is 15.5. The van der Waals surface area contributed by atoms with E-state index >= 15 is 0 Å². The van der Waals surface area contributed by atoms with Crippen molar-refractivity contribution >= 4 is 21.8 Å². The Hall–Kier alpha value is -1.88. The van der Waals surface area contributed by atoms with Gasteiger partial charge in [0.1, 0.15) is 5.75 Å². The molecule has 0 spiro atoms. The monoisotopic (exact) mass is 348 g/mol. The third-order valence-electron chi connectivity index (χ3n) is 2.87. The van der Waals surface area contributed by atoms with Crippen LogP contribution in [0, 0.1) is 0 Å². The summed E-state index contributed by atoms with van der Waals surface area (Å²) in [5, 5.41) is 2.88. The number of rotatable bonds is 7. The van der Waals surface area contributed by atoms with Crippen LogP contribution in [-0.4, -0.2) is 17.5 Å². The fourth-order valence-electron chi connectivity index (χ4n) is 1.74. The lowest BCUT2D eigenvalue weighted by atomic mass is 10.2. The Bertz CT molecular complexity index is 558. The molecular weight excluding hydrogens is 332 g/mol. The second-order valence-corrected chi connectivity index (χ2v) is 5.45. The number of hydrogen-bond donors (Lipinski definition) is 1. The van der Waals surface area contributed by atoms with Crippen molar-refractivity contribution in [2.75, 3.05) is 6.61 Å². The zero-order chi connectivity index (χ0) is 14.9. The molecule has 0 unspecified atom stereocenters. The molecule has 1 amide bonds. The van der Waals surface area contributed by atoms with Crippen molar-refractivity contribution in [3.63, 3.8) is 0 Å². The Kier molecular flexibility index (Phi) is 6.22. The SMILES string of the molecule is O=C(CCCOc1ccc(Br)cc1)NCc1ccncc1. The minimum atomic E-state index is 0.0335. The largest absolute Gasteiger partial charge is 0.494 e. The lowest BCUT2D eigenvalue weighted by Gasteiger charge is -2.07. The molecule has 0 bridgehead atoms. The number of nitrogens with zero attached hydrogens (tertiary/aromatic N) is 1. The maximum absolute atomic E-state index is 11.7. The highest BCUT2D eigenvalue weighted by molar-refractivity contribution is 9.10. The van der Waals surface area contributed by atoms with E-state index in [1.807, 2.05) is 36.4 Å². The van der Waals surface area contributed by atoms with Crippen LogP contribution in [0.5, 0.6) is 5.75 Å². The fourth-order valence-corrected chi connectivity index (χ4v) is 2.01. The molecule has 5 heteroatoms. The Morgan fingerprint density at radius 1 is 1.14 bits per heavy atom. The van der Waals surface area contributed by atoms with Gasteiger partial charge in [-0.3, -0.25) is 9.78 Å². The average molecular weight is 349 g/mol. The first-order valence-corrected chi connectivity index (χ1v) is 7.57. The Balaban J connectivity index is 1.60. The number of pyridine rings is 1. The van der Waals surface area contributed by atoms with Gasteiger partial charge in [0.2, 0.25) is 5.91 Å². The summed E-state index contributed by atoms with van der Waals surface area (Å²) in [5.74, 6) is 0.849. The van der Waals surface area contributed by atoms with Crippen LogP contribution in [0.2, 0.25) is 0 Å². The molecule has 0 aliphatic rings. The van der Waals surface area contributed by atoms with E-state index in [0.29, 0.717) is 26.0 Å². The van der Waals surface area contributed by atoms with Crippen molar-refractivity contribution in [2.24, 2.45) is 0 Å². The molecule has 0 saturated heterocycles. The molecule has 1 aromatic carbocycles. The first-order valence-electron chi connectivity index (χ1n) is 6.78. The molecule has 1 heterocycles. The summed E-state index contributed by atoms with van der Waals surface area (Å²) in [6.07, 6.45) is 4.58. The zero-order valence-corrected chi connectivity index (χ0v) is 13.2. The number of carbonyl (C=O) groups excluding carboxylic acids is 1. The van der Waals surface area contributed by atoms with Crippen LogP contribution in [0.25, 0.3) is 0 Å². The molecule has 2 rings (SSSR count). The highest BCUT2D eigenvalue weighted by atomic mass is 79.9. The summed E-state index contributed by atoms with van der Waals surface area (Å²) in [7, 11) is 0. The summed E-state index contributed by atoms with van der Waals surface area (Å²) in [6, 6.07) is 11.4. The summed E-state index contributed by atoms with van der Waals surface area (Å²) < 4.78 is 6.58. The van der Waals surface area contributed by atoms with Crippen molar-refractivity contribution in [3.05, 3.63) is 58.8 Å². The van der Waals surface area contributed by atoms with E-state index in [1.165, 1.54) is 0 Å². The van der Waals surface area contributed by atoms with E-state index < -0.39 is 0 Å². The molecule has 4 nitrogen and oxygen atoms in total. The van der Waals surface area contributed by atoms with Crippen molar-refractivity contribution < 1.29 is 9.53 Å².